The number of aromatic nitrogens is 4. The Morgan fingerprint density at radius 2 is 1.26 bits per heavy atom. The summed E-state index contributed by atoms with van der Waals surface area (Å²) in [6.07, 6.45) is 5.39. The Morgan fingerprint density at radius 3 is 1.95 bits per heavy atom. The molecule has 0 spiro atoms. The summed E-state index contributed by atoms with van der Waals surface area (Å²) in [6, 6.07) is 53.7. The number of fused-ring (bicyclic) bond motifs is 1. The molecule has 0 atom stereocenters. The molecule has 1 aliphatic carbocycles. The molecule has 1 aliphatic heterocycles. The van der Waals surface area contributed by atoms with Crippen molar-refractivity contribution in [3.8, 4) is 39.6 Å². The van der Waals surface area contributed by atoms with Crippen molar-refractivity contribution in [3.05, 3.63) is 188 Å². The van der Waals surface area contributed by atoms with Crippen LogP contribution in [-0.2, 0) is 31.9 Å². The van der Waals surface area contributed by atoms with Crippen LogP contribution in [0.4, 0.5) is 23.0 Å². The normalized spacial score (nSPS) is 13.9. The van der Waals surface area contributed by atoms with Gasteiger partial charge in [-0.05, 0) is 56.7 Å². The molecule has 0 radical (unpaired) electrons. The first kappa shape index (κ1) is 38.6. The third-order valence-electron chi connectivity index (χ3n) is 12.0. The van der Waals surface area contributed by atoms with Gasteiger partial charge in [-0.1, -0.05) is 142 Å². The van der Waals surface area contributed by atoms with Crippen molar-refractivity contribution in [3.63, 3.8) is 0 Å². The second-order valence-corrected chi connectivity index (χ2v) is 17.1. The van der Waals surface area contributed by atoms with Crippen molar-refractivity contribution in [1.82, 2.24) is 19.5 Å². The third kappa shape index (κ3) is 6.25. The predicted octanol–water partition coefficient (Wildman–Crippen LogP) is 13.0. The molecule has 8 heteroatoms. The molecule has 0 bridgehead atoms. The standard InChI is InChI=1S/C53H41N6O.Pt/c1-52(2,3)36-25-26-54-46(29-36)59-44-24-14-23-42-47(44)48-43(53(42,4)5)31-39(32-45(48)59)60-38-20-12-19-37(30-38)57-33-58(51-50(57)55-27-28-56-51)49-40(34-15-8-6-9-16-34)21-13-22-41(49)35-17-10-7-11-18-35;/h6-29,31,33H,1-5H3;/q-3;. The van der Waals surface area contributed by atoms with Gasteiger partial charge in [0.1, 0.15) is 17.5 Å². The summed E-state index contributed by atoms with van der Waals surface area (Å²) < 4.78 is 9.04. The van der Waals surface area contributed by atoms with Gasteiger partial charge in [0.25, 0.3) is 0 Å². The van der Waals surface area contributed by atoms with Crippen LogP contribution in [0.5, 0.6) is 11.5 Å². The summed E-state index contributed by atoms with van der Waals surface area (Å²) in [5.74, 6) is 3.46. The molecular formula is C53H41N6OPt-3. The smallest absolute Gasteiger partial charge is 0.145 e. The van der Waals surface area contributed by atoms with Crippen LogP contribution in [0.3, 0.4) is 0 Å². The second kappa shape index (κ2) is 14.6. The van der Waals surface area contributed by atoms with E-state index in [-0.39, 0.29) is 31.9 Å². The molecule has 61 heavy (non-hydrogen) atoms. The molecule has 9 aromatic rings. The Bertz CT molecular complexity index is 3080. The molecule has 6 aromatic carbocycles. The van der Waals surface area contributed by atoms with Crippen molar-refractivity contribution in [2.45, 2.75) is 45.4 Å². The van der Waals surface area contributed by atoms with Crippen LogP contribution >= 0.6 is 0 Å². The van der Waals surface area contributed by atoms with Gasteiger partial charge in [0.2, 0.25) is 0 Å². The molecule has 2 aliphatic rings. The summed E-state index contributed by atoms with van der Waals surface area (Å²) in [4.78, 5) is 18.9. The number of nitrogens with zero attached hydrogens (tertiary/aromatic N) is 6. The first-order valence-corrected chi connectivity index (χ1v) is 20.3. The van der Waals surface area contributed by atoms with Crippen molar-refractivity contribution in [2.24, 2.45) is 0 Å². The first-order chi connectivity index (χ1) is 29.1. The van der Waals surface area contributed by atoms with E-state index in [1.165, 1.54) is 27.5 Å². The minimum atomic E-state index is -0.230. The number of pyridine rings is 1. The molecule has 7 nitrogen and oxygen atoms in total. The summed E-state index contributed by atoms with van der Waals surface area (Å²) in [7, 11) is 0. The fourth-order valence-electron chi connectivity index (χ4n) is 9.02. The van der Waals surface area contributed by atoms with Crippen molar-refractivity contribution >= 4 is 44.8 Å². The van der Waals surface area contributed by atoms with E-state index < -0.39 is 0 Å². The minimum absolute atomic E-state index is 0. The second-order valence-electron chi connectivity index (χ2n) is 17.1. The van der Waals surface area contributed by atoms with E-state index in [0.29, 0.717) is 17.3 Å². The molecule has 0 unspecified atom stereocenters. The van der Waals surface area contributed by atoms with Gasteiger partial charge >= 0.3 is 0 Å². The van der Waals surface area contributed by atoms with E-state index in [1.54, 1.807) is 12.4 Å². The maximum Gasteiger partial charge on any atom is 0.145 e. The van der Waals surface area contributed by atoms with Crippen LogP contribution < -0.4 is 14.5 Å². The zero-order valence-electron chi connectivity index (χ0n) is 34.4. The van der Waals surface area contributed by atoms with Crippen LogP contribution in [0.25, 0.3) is 49.9 Å². The Morgan fingerprint density at radius 1 is 0.607 bits per heavy atom. The largest absolute Gasteiger partial charge is 0.509 e. The van der Waals surface area contributed by atoms with Crippen LogP contribution in [-0.4, -0.2) is 19.5 Å². The summed E-state index contributed by atoms with van der Waals surface area (Å²) in [6.45, 7) is 13.3. The van der Waals surface area contributed by atoms with Crippen molar-refractivity contribution in [2.75, 3.05) is 9.80 Å². The molecule has 0 amide bonds. The van der Waals surface area contributed by atoms with Crippen LogP contribution in [0, 0.1) is 18.8 Å². The van der Waals surface area contributed by atoms with Crippen molar-refractivity contribution < 1.29 is 25.8 Å². The maximum atomic E-state index is 6.79. The van der Waals surface area contributed by atoms with Crippen LogP contribution in [0.1, 0.15) is 51.3 Å². The fourth-order valence-corrected chi connectivity index (χ4v) is 9.02. The zero-order valence-corrected chi connectivity index (χ0v) is 36.7. The molecule has 302 valence electrons. The van der Waals surface area contributed by atoms with E-state index in [1.807, 2.05) is 41.4 Å². The Hall–Kier alpha value is -6.56. The molecule has 3 aromatic heterocycles. The minimum Gasteiger partial charge on any atom is -0.509 e. The monoisotopic (exact) mass is 972 g/mol. The quantitative estimate of drug-likeness (QED) is 0.148. The number of anilines is 4. The number of hydrogen-bond acceptors (Lipinski definition) is 6. The fraction of sp³-hybridized carbons (Fsp3) is 0.132. The molecule has 4 heterocycles. The van der Waals surface area contributed by atoms with Gasteiger partial charge in [-0.15, -0.1) is 42.6 Å². The first-order valence-electron chi connectivity index (χ1n) is 20.3. The third-order valence-corrected chi connectivity index (χ3v) is 12.0. The van der Waals surface area contributed by atoms with Crippen molar-refractivity contribution in [1.29, 1.82) is 0 Å². The van der Waals surface area contributed by atoms with Gasteiger partial charge in [0.15, 0.2) is 0 Å². The Kier molecular flexibility index (Phi) is 9.22. The Balaban J connectivity index is 0.00000445. The van der Waals surface area contributed by atoms with Crippen LogP contribution in [0.2, 0.25) is 0 Å². The Labute approximate surface area is 370 Å². The topological polar surface area (TPSA) is 59.3 Å². The van der Waals surface area contributed by atoms with Gasteiger partial charge in [-0.25, -0.2) is 15.0 Å². The van der Waals surface area contributed by atoms with Gasteiger partial charge < -0.3 is 19.1 Å². The summed E-state index contributed by atoms with van der Waals surface area (Å²) in [5, 5.41) is 2.45. The van der Waals surface area contributed by atoms with Crippen LogP contribution in [0.15, 0.2) is 152 Å². The van der Waals surface area contributed by atoms with Gasteiger partial charge in [-0.2, -0.15) is 6.07 Å². The summed E-state index contributed by atoms with van der Waals surface area (Å²) in [5.41, 5.74) is 11.7. The average molecular weight is 973 g/mol. The van der Waals surface area contributed by atoms with Gasteiger partial charge in [0.05, 0.1) is 0 Å². The van der Waals surface area contributed by atoms with Gasteiger partial charge in [0, 0.05) is 73.5 Å². The summed E-state index contributed by atoms with van der Waals surface area (Å²) >= 11 is 0. The number of hydrogen-bond donors (Lipinski definition) is 0. The average Bonchev–Trinajstić information content (AvgIpc) is 3.90. The number of para-hydroxylation sites is 1. The number of ether oxygens (including phenoxy) is 1. The van der Waals surface area contributed by atoms with E-state index in [9.17, 15) is 0 Å². The molecule has 0 N–H and O–H groups in total. The number of benzene rings is 6. The van der Waals surface area contributed by atoms with E-state index in [4.69, 9.17) is 19.7 Å². The molecule has 0 saturated heterocycles. The molecule has 0 saturated carbocycles. The van der Waals surface area contributed by atoms with E-state index in [2.05, 4.69) is 166 Å². The predicted molar refractivity (Wildman–Crippen MR) is 242 cm³/mol. The zero-order chi connectivity index (χ0) is 40.8. The number of rotatable bonds is 7. The van der Waals surface area contributed by atoms with E-state index in [0.717, 1.165) is 56.3 Å². The van der Waals surface area contributed by atoms with Gasteiger partial charge in [-0.3, -0.25) is 0 Å². The maximum absolute atomic E-state index is 6.79. The van der Waals surface area contributed by atoms with E-state index >= 15 is 0 Å². The SMILES string of the molecule is CC(C)(C)c1ccnc(-n2c3[c-]c(Oc4[c-]c(N5[CH-]N(c6c(-c7ccccc7)cccc6-c6ccccc6)c6nccnc65)ccc4)cc4c3c3c(cccc32)C4(C)C)c1.[Pt]. The molecule has 11 rings (SSSR count). The molecular weight excluding hydrogens is 932 g/mol. The molecule has 0 fully saturated rings.